The van der Waals surface area contributed by atoms with Crippen molar-refractivity contribution in [2.75, 3.05) is 38.2 Å². The second-order valence-electron chi connectivity index (χ2n) is 11.8. The second-order valence-corrected chi connectivity index (χ2v) is 11.8. The summed E-state index contributed by atoms with van der Waals surface area (Å²) in [6.07, 6.45) is -1.45. The minimum absolute atomic E-state index is 0.0774. The van der Waals surface area contributed by atoms with E-state index in [1.54, 1.807) is 0 Å². The van der Waals surface area contributed by atoms with Crippen molar-refractivity contribution in [2.45, 2.75) is 50.0 Å². The van der Waals surface area contributed by atoms with Crippen molar-refractivity contribution in [1.82, 2.24) is 24.8 Å². The number of fused-ring (bicyclic) bond motifs is 4. The van der Waals surface area contributed by atoms with E-state index in [0.29, 0.717) is 13.1 Å². The van der Waals surface area contributed by atoms with Crippen LogP contribution in [0.15, 0.2) is 35.1 Å². The molecule has 3 atom stereocenters. The largest absolute Gasteiger partial charge is 0.508 e. The Morgan fingerprint density at radius 1 is 1.07 bits per heavy atom. The van der Waals surface area contributed by atoms with E-state index in [9.17, 15) is 27.5 Å². The predicted octanol–water partition coefficient (Wildman–Crippen LogP) is 4.35. The van der Waals surface area contributed by atoms with Gasteiger partial charge in [0.2, 0.25) is 0 Å². The van der Waals surface area contributed by atoms with Gasteiger partial charge >= 0.3 is 12.2 Å². The molecule has 2 aromatic carbocycles. The molecule has 4 aromatic rings. The number of hydrogen-bond donors (Lipinski definition) is 2. The Balaban J connectivity index is 1.48. The number of ether oxygens (including phenoxy) is 1. The molecule has 3 saturated heterocycles. The summed E-state index contributed by atoms with van der Waals surface area (Å²) in [4.78, 5) is 27.0. The molecule has 232 valence electrons. The van der Waals surface area contributed by atoms with Gasteiger partial charge in [0, 0.05) is 42.7 Å². The minimum Gasteiger partial charge on any atom is -0.508 e. The van der Waals surface area contributed by atoms with Crippen LogP contribution < -0.4 is 20.5 Å². The molecule has 0 amide bonds. The third-order valence-electron chi connectivity index (χ3n) is 8.93. The lowest BCUT2D eigenvalue weighted by atomic mass is 10.1. The summed E-state index contributed by atoms with van der Waals surface area (Å²) in [5.74, 6) is -3.18. The van der Waals surface area contributed by atoms with Crippen LogP contribution in [0.25, 0.3) is 27.4 Å². The Bertz CT molecular complexity index is 1830. The number of nitrogens with zero attached hydrogens (tertiary/aromatic N) is 5. The first-order chi connectivity index (χ1) is 21.0. The highest BCUT2D eigenvalue weighted by Crippen LogP contribution is 2.38. The molecule has 0 radical (unpaired) electrons. The molecular formula is C30H29F5N6O3. The van der Waals surface area contributed by atoms with Crippen molar-refractivity contribution in [3.8, 4) is 17.4 Å². The van der Waals surface area contributed by atoms with Crippen LogP contribution in [-0.2, 0) is 6.18 Å². The van der Waals surface area contributed by atoms with Crippen molar-refractivity contribution in [3.05, 3.63) is 58.0 Å². The van der Waals surface area contributed by atoms with Crippen LogP contribution in [0, 0.1) is 11.6 Å². The zero-order valence-corrected chi connectivity index (χ0v) is 23.7. The van der Waals surface area contributed by atoms with Crippen LogP contribution in [0.4, 0.5) is 27.8 Å². The first-order valence-corrected chi connectivity index (χ1v) is 14.5. The second kappa shape index (κ2) is 10.5. The minimum atomic E-state index is -5.11. The number of rotatable bonds is 5. The van der Waals surface area contributed by atoms with Gasteiger partial charge in [0.15, 0.2) is 11.6 Å². The first kappa shape index (κ1) is 28.7. The molecule has 3 aliphatic heterocycles. The molecule has 2 aromatic heterocycles. The summed E-state index contributed by atoms with van der Waals surface area (Å²) in [7, 11) is 1.96. The first-order valence-electron chi connectivity index (χ1n) is 14.5. The monoisotopic (exact) mass is 616 g/mol. The number of likely N-dealkylation sites (tertiary alicyclic amines) is 1. The number of nitrogens with one attached hydrogen (secondary N) is 1. The summed E-state index contributed by atoms with van der Waals surface area (Å²) in [6.45, 7) is 2.02. The lowest BCUT2D eigenvalue weighted by molar-refractivity contribution is -0.142. The van der Waals surface area contributed by atoms with E-state index in [2.05, 4.69) is 20.2 Å². The number of alkyl halides is 3. The number of aromatic nitrogens is 3. The fourth-order valence-electron chi connectivity index (χ4n) is 6.77. The molecule has 2 bridgehead atoms. The van der Waals surface area contributed by atoms with Crippen molar-refractivity contribution in [2.24, 2.45) is 0 Å². The molecule has 0 spiro atoms. The molecule has 14 heteroatoms. The number of benzene rings is 2. The molecule has 0 saturated carbocycles. The highest BCUT2D eigenvalue weighted by atomic mass is 19.4. The Morgan fingerprint density at radius 3 is 2.50 bits per heavy atom. The molecular weight excluding hydrogens is 587 g/mol. The predicted molar refractivity (Wildman–Crippen MR) is 153 cm³/mol. The maximum atomic E-state index is 15.2. The smallest absolute Gasteiger partial charge is 0.431 e. The van der Waals surface area contributed by atoms with Gasteiger partial charge in [0.1, 0.15) is 29.4 Å². The molecule has 0 aliphatic carbocycles. The van der Waals surface area contributed by atoms with Crippen LogP contribution in [0.1, 0.15) is 31.4 Å². The molecule has 44 heavy (non-hydrogen) atoms. The quantitative estimate of drug-likeness (QED) is 0.320. The van der Waals surface area contributed by atoms with Gasteiger partial charge in [0.25, 0.3) is 5.56 Å². The third kappa shape index (κ3) is 4.89. The van der Waals surface area contributed by atoms with Crippen LogP contribution >= 0.6 is 0 Å². The number of phenols is 1. The van der Waals surface area contributed by atoms with Crippen LogP contribution in [0.3, 0.4) is 0 Å². The van der Waals surface area contributed by atoms with Gasteiger partial charge in [-0.05, 0) is 62.9 Å². The van der Waals surface area contributed by atoms with Gasteiger partial charge in [-0.25, -0.2) is 8.78 Å². The Morgan fingerprint density at radius 2 is 1.82 bits per heavy atom. The third-order valence-corrected chi connectivity index (χ3v) is 8.93. The Labute approximate surface area is 247 Å². The maximum absolute atomic E-state index is 15.2. The van der Waals surface area contributed by atoms with Crippen LogP contribution in [-0.4, -0.2) is 76.0 Å². The molecule has 9 nitrogen and oxygen atoms in total. The Kier molecular flexibility index (Phi) is 6.88. The summed E-state index contributed by atoms with van der Waals surface area (Å²) in [5, 5.41) is 13.0. The summed E-state index contributed by atoms with van der Waals surface area (Å²) in [5.41, 5.74) is -3.74. The molecule has 0 unspecified atom stereocenters. The average molecular weight is 617 g/mol. The van der Waals surface area contributed by atoms with E-state index in [1.807, 2.05) is 11.9 Å². The van der Waals surface area contributed by atoms with Gasteiger partial charge in [-0.2, -0.15) is 23.1 Å². The lowest BCUT2D eigenvalue weighted by Gasteiger charge is -2.34. The molecule has 3 fully saturated rings. The summed E-state index contributed by atoms with van der Waals surface area (Å²) < 4.78 is 80.0. The van der Waals surface area contributed by atoms with Gasteiger partial charge in [0.05, 0.1) is 11.1 Å². The van der Waals surface area contributed by atoms with Gasteiger partial charge in [-0.1, -0.05) is 6.07 Å². The van der Waals surface area contributed by atoms with E-state index in [1.165, 1.54) is 0 Å². The van der Waals surface area contributed by atoms with Crippen molar-refractivity contribution in [3.63, 3.8) is 0 Å². The van der Waals surface area contributed by atoms with Gasteiger partial charge in [-0.15, -0.1) is 0 Å². The van der Waals surface area contributed by atoms with Gasteiger partial charge in [-0.3, -0.25) is 9.36 Å². The number of hydrogen-bond acceptors (Lipinski definition) is 8. The Hall–Kier alpha value is -4.04. The zero-order chi connectivity index (χ0) is 30.9. The number of pyridine rings is 1. The number of piperazine rings is 1. The standard InChI is InChI=1S/C30H29F5N6O3/c1-39-8-2-3-18(39)14-44-29-37-26-20(27(38-29)40-12-16-5-6-17(13-40)36-16)11-23(30(33,34)35)41(28(26)43)22-10-19(42)9-15-4-7-21(31)25(32)24(15)22/h4,7,9-11,16-18,36,42H,2-3,5-6,8,12-14H2,1H3/t16-,17+,18-/m0/s1. The number of aromatic hydroxyl groups is 1. The highest BCUT2D eigenvalue weighted by molar-refractivity contribution is 5.94. The number of phenolic OH excluding ortho intramolecular Hbond substituents is 1. The van der Waals surface area contributed by atoms with E-state index < -0.39 is 45.9 Å². The maximum Gasteiger partial charge on any atom is 0.431 e. The molecule has 7 rings (SSSR count). The average Bonchev–Trinajstić information content (AvgIpc) is 3.55. The highest BCUT2D eigenvalue weighted by Gasteiger charge is 2.39. The summed E-state index contributed by atoms with van der Waals surface area (Å²) >= 11 is 0. The zero-order valence-electron chi connectivity index (χ0n) is 23.7. The number of likely N-dealkylation sites (N-methyl/N-ethyl adjacent to an activating group) is 1. The van der Waals surface area contributed by atoms with Crippen molar-refractivity contribution >= 4 is 27.5 Å². The molecule has 2 N–H and O–H groups in total. The van der Waals surface area contributed by atoms with Crippen molar-refractivity contribution < 1.29 is 31.8 Å². The lowest BCUT2D eigenvalue weighted by Crippen LogP contribution is -2.51. The molecule has 5 heterocycles. The SMILES string of the molecule is CN1CCC[C@H]1COc1nc(N2C[C@H]3CC[C@@H](C2)N3)c2cc(C(F)(F)F)n(-c3cc(O)cc4ccc(F)c(F)c34)c(=O)c2n1. The summed E-state index contributed by atoms with van der Waals surface area (Å²) in [6, 6.07) is 4.67. The normalized spacial score (nSPS) is 22.4. The van der Waals surface area contributed by atoms with Crippen LogP contribution in [0.5, 0.6) is 11.8 Å². The van der Waals surface area contributed by atoms with E-state index >= 15 is 4.39 Å². The topological polar surface area (TPSA) is 95.8 Å². The van der Waals surface area contributed by atoms with Crippen molar-refractivity contribution in [1.29, 1.82) is 0 Å². The fourth-order valence-corrected chi connectivity index (χ4v) is 6.77. The number of halogens is 5. The molecule has 3 aliphatic rings. The van der Waals surface area contributed by atoms with E-state index in [-0.39, 0.29) is 57.4 Å². The van der Waals surface area contributed by atoms with E-state index in [0.717, 1.165) is 62.6 Å². The van der Waals surface area contributed by atoms with Gasteiger partial charge < -0.3 is 25.0 Å². The number of anilines is 1. The fraction of sp³-hybridized carbons (Fsp3) is 0.433. The van der Waals surface area contributed by atoms with E-state index in [4.69, 9.17) is 4.74 Å². The van der Waals surface area contributed by atoms with Crippen LogP contribution in [0.2, 0.25) is 0 Å².